The monoisotopic (exact) mass is 226 g/mol. The van der Waals surface area contributed by atoms with Gasteiger partial charge >= 0.3 is 0 Å². The summed E-state index contributed by atoms with van der Waals surface area (Å²) in [5.74, 6) is 1.10. The van der Waals surface area contributed by atoms with Crippen molar-refractivity contribution in [1.82, 2.24) is 20.1 Å². The van der Waals surface area contributed by atoms with Gasteiger partial charge in [0.2, 0.25) is 0 Å². The molecule has 16 heavy (non-hydrogen) atoms. The highest BCUT2D eigenvalue weighted by Crippen LogP contribution is 2.00. The van der Waals surface area contributed by atoms with Crippen molar-refractivity contribution in [2.75, 3.05) is 26.8 Å². The molecule has 92 valence electrons. The van der Waals surface area contributed by atoms with Crippen LogP contribution in [0.1, 0.15) is 25.6 Å². The Morgan fingerprint density at radius 1 is 1.38 bits per heavy atom. The van der Waals surface area contributed by atoms with Crippen molar-refractivity contribution in [3.63, 3.8) is 0 Å². The summed E-state index contributed by atoms with van der Waals surface area (Å²) in [6.45, 7) is 5.75. The summed E-state index contributed by atoms with van der Waals surface area (Å²) in [5, 5.41) is 7.47. The van der Waals surface area contributed by atoms with Crippen LogP contribution >= 0.6 is 0 Å². The number of nitrogens with one attached hydrogen (secondary N) is 1. The maximum absolute atomic E-state index is 4.95. The van der Waals surface area contributed by atoms with Crippen molar-refractivity contribution < 1.29 is 4.74 Å². The fourth-order valence-electron chi connectivity index (χ4n) is 1.58. The van der Waals surface area contributed by atoms with Crippen molar-refractivity contribution in [2.24, 2.45) is 0 Å². The summed E-state index contributed by atoms with van der Waals surface area (Å²) in [6, 6.07) is 0. The molecule has 1 heterocycles. The van der Waals surface area contributed by atoms with Gasteiger partial charge in [0.05, 0.1) is 6.61 Å². The van der Waals surface area contributed by atoms with Gasteiger partial charge in [-0.25, -0.2) is 4.98 Å². The second-order valence-electron chi connectivity index (χ2n) is 3.69. The number of hydrogen-bond donors (Lipinski definition) is 1. The van der Waals surface area contributed by atoms with Crippen molar-refractivity contribution in [1.29, 1.82) is 0 Å². The van der Waals surface area contributed by atoms with Crippen LogP contribution in [0.4, 0.5) is 0 Å². The van der Waals surface area contributed by atoms with Crippen LogP contribution in [0.5, 0.6) is 0 Å². The molecule has 1 N–H and O–H groups in total. The van der Waals surface area contributed by atoms with Gasteiger partial charge in [-0.2, -0.15) is 5.10 Å². The molecular formula is C11H22N4O. The Kier molecular flexibility index (Phi) is 6.76. The lowest BCUT2D eigenvalue weighted by atomic mass is 10.2. The standard InChI is InChI=1S/C11H22N4O/c1-3-15-11(13-10-14-15)6-4-5-7-12-8-9-16-2/h10,12H,3-9H2,1-2H3. The van der Waals surface area contributed by atoms with Crippen molar-refractivity contribution >= 4 is 0 Å². The van der Waals surface area contributed by atoms with E-state index in [1.165, 1.54) is 6.42 Å². The lowest BCUT2D eigenvalue weighted by Crippen LogP contribution is -2.20. The normalized spacial score (nSPS) is 10.9. The first-order chi connectivity index (χ1) is 7.88. The molecule has 0 atom stereocenters. The average molecular weight is 226 g/mol. The predicted molar refractivity (Wildman–Crippen MR) is 63.4 cm³/mol. The Morgan fingerprint density at radius 2 is 2.25 bits per heavy atom. The van der Waals surface area contributed by atoms with Crippen LogP contribution < -0.4 is 5.32 Å². The van der Waals surface area contributed by atoms with Gasteiger partial charge in [-0.05, 0) is 26.3 Å². The largest absolute Gasteiger partial charge is 0.383 e. The molecule has 1 aromatic heterocycles. The van der Waals surface area contributed by atoms with Gasteiger partial charge in [-0.15, -0.1) is 0 Å². The fraction of sp³-hybridized carbons (Fsp3) is 0.818. The topological polar surface area (TPSA) is 52.0 Å². The highest BCUT2D eigenvalue weighted by Gasteiger charge is 2.01. The Bertz CT molecular complexity index is 275. The number of rotatable bonds is 9. The van der Waals surface area contributed by atoms with Gasteiger partial charge in [-0.1, -0.05) is 0 Å². The minimum Gasteiger partial charge on any atom is -0.383 e. The molecule has 5 nitrogen and oxygen atoms in total. The van der Waals surface area contributed by atoms with E-state index in [0.717, 1.165) is 44.9 Å². The number of aryl methyl sites for hydroxylation is 2. The Morgan fingerprint density at radius 3 is 3.00 bits per heavy atom. The Hall–Kier alpha value is -0.940. The molecule has 0 fully saturated rings. The predicted octanol–water partition coefficient (Wildman–Crippen LogP) is 0.857. The van der Waals surface area contributed by atoms with Crippen LogP contribution in [0.15, 0.2) is 6.33 Å². The summed E-state index contributed by atoms with van der Waals surface area (Å²) >= 11 is 0. The third-order valence-electron chi connectivity index (χ3n) is 2.48. The van der Waals surface area contributed by atoms with Gasteiger partial charge in [0.25, 0.3) is 0 Å². The third kappa shape index (κ3) is 4.72. The molecule has 0 radical (unpaired) electrons. The smallest absolute Gasteiger partial charge is 0.138 e. The van der Waals surface area contributed by atoms with Gasteiger partial charge in [-0.3, -0.25) is 4.68 Å². The molecule has 0 spiro atoms. The molecule has 0 unspecified atom stereocenters. The number of ether oxygens (including phenoxy) is 1. The lowest BCUT2D eigenvalue weighted by molar-refractivity contribution is 0.199. The van der Waals surface area contributed by atoms with Gasteiger partial charge in [0, 0.05) is 26.6 Å². The fourth-order valence-corrected chi connectivity index (χ4v) is 1.58. The summed E-state index contributed by atoms with van der Waals surface area (Å²) in [5.41, 5.74) is 0. The van der Waals surface area contributed by atoms with Crippen molar-refractivity contribution in [2.45, 2.75) is 32.7 Å². The summed E-state index contributed by atoms with van der Waals surface area (Å²) in [6.07, 6.45) is 4.97. The van der Waals surface area contributed by atoms with E-state index in [9.17, 15) is 0 Å². The molecular weight excluding hydrogens is 204 g/mol. The SMILES string of the molecule is CCn1ncnc1CCCCNCCOC. The van der Waals surface area contributed by atoms with Gasteiger partial charge < -0.3 is 10.1 Å². The van der Waals surface area contributed by atoms with Crippen molar-refractivity contribution in [3.8, 4) is 0 Å². The molecule has 1 aromatic rings. The Labute approximate surface area is 97.2 Å². The van der Waals surface area contributed by atoms with Crippen molar-refractivity contribution in [3.05, 3.63) is 12.2 Å². The molecule has 0 aliphatic heterocycles. The summed E-state index contributed by atoms with van der Waals surface area (Å²) < 4.78 is 6.91. The minimum absolute atomic E-state index is 0.782. The van der Waals surface area contributed by atoms with E-state index in [-0.39, 0.29) is 0 Å². The number of unbranched alkanes of at least 4 members (excludes halogenated alkanes) is 1. The number of aromatic nitrogens is 3. The maximum atomic E-state index is 4.95. The van der Waals surface area contributed by atoms with Crippen LogP contribution in [-0.4, -0.2) is 41.6 Å². The van der Waals surface area contributed by atoms with Crippen LogP contribution in [0, 0.1) is 0 Å². The summed E-state index contributed by atoms with van der Waals surface area (Å²) in [4.78, 5) is 4.25. The Balaban J connectivity index is 2.03. The number of methoxy groups -OCH3 is 1. The maximum Gasteiger partial charge on any atom is 0.138 e. The number of hydrogen-bond acceptors (Lipinski definition) is 4. The minimum atomic E-state index is 0.782. The van der Waals surface area contributed by atoms with Crippen LogP contribution in [-0.2, 0) is 17.7 Å². The molecule has 0 aliphatic carbocycles. The van der Waals surface area contributed by atoms with E-state index in [1.807, 2.05) is 4.68 Å². The second kappa shape index (κ2) is 8.24. The lowest BCUT2D eigenvalue weighted by Gasteiger charge is -2.04. The van der Waals surface area contributed by atoms with Crippen LogP contribution in [0.2, 0.25) is 0 Å². The highest BCUT2D eigenvalue weighted by atomic mass is 16.5. The first-order valence-electron chi connectivity index (χ1n) is 5.94. The number of nitrogens with zero attached hydrogens (tertiary/aromatic N) is 3. The zero-order valence-electron chi connectivity index (χ0n) is 10.3. The van der Waals surface area contributed by atoms with E-state index in [0.29, 0.717) is 0 Å². The average Bonchev–Trinajstić information content (AvgIpc) is 2.75. The highest BCUT2D eigenvalue weighted by molar-refractivity contribution is 4.84. The zero-order chi connectivity index (χ0) is 11.6. The van der Waals surface area contributed by atoms with Gasteiger partial charge in [0.15, 0.2) is 0 Å². The van der Waals surface area contributed by atoms with Crippen LogP contribution in [0.3, 0.4) is 0 Å². The molecule has 0 saturated heterocycles. The van der Waals surface area contributed by atoms with E-state index < -0.39 is 0 Å². The van der Waals surface area contributed by atoms with Gasteiger partial charge in [0.1, 0.15) is 12.2 Å². The third-order valence-corrected chi connectivity index (χ3v) is 2.48. The zero-order valence-corrected chi connectivity index (χ0v) is 10.3. The van der Waals surface area contributed by atoms with Crippen LogP contribution in [0.25, 0.3) is 0 Å². The molecule has 0 aromatic carbocycles. The van der Waals surface area contributed by atoms with E-state index in [4.69, 9.17) is 4.74 Å². The quantitative estimate of drug-likeness (QED) is 0.634. The van der Waals surface area contributed by atoms with E-state index >= 15 is 0 Å². The van der Waals surface area contributed by atoms with E-state index in [2.05, 4.69) is 22.3 Å². The molecule has 5 heteroatoms. The van der Waals surface area contributed by atoms with E-state index in [1.54, 1.807) is 13.4 Å². The molecule has 0 saturated carbocycles. The second-order valence-corrected chi connectivity index (χ2v) is 3.69. The summed E-state index contributed by atoms with van der Waals surface area (Å²) in [7, 11) is 1.72. The first-order valence-corrected chi connectivity index (χ1v) is 5.94. The molecule has 0 bridgehead atoms. The molecule has 1 rings (SSSR count). The molecule has 0 aliphatic rings. The first kappa shape index (κ1) is 13.1. The molecule has 0 amide bonds.